The zero-order chi connectivity index (χ0) is 29.7. The number of benzene rings is 2. The molecule has 0 radical (unpaired) electrons. The van der Waals surface area contributed by atoms with Crippen LogP contribution in [0.1, 0.15) is 68.1 Å². The van der Waals surface area contributed by atoms with E-state index in [0.717, 1.165) is 52.4 Å². The Labute approximate surface area is 247 Å². The first kappa shape index (κ1) is 28.9. The standard InChI is InChI=1S/C32H42N6O4/c1-21(35-17-13-33(3)14-18-35)9-11-37-29(39)23-5-7-25-28-26(8-6-24(27(23)28)30(37)40)32(42)38(31(25)41)12-10-22(2)36-19-15-34(4)16-20-36/h5-8,21-22H,9-20H2,1-4H3. The van der Waals surface area contributed by atoms with Gasteiger partial charge in [-0.05, 0) is 65.0 Å². The summed E-state index contributed by atoms with van der Waals surface area (Å²) in [6.07, 6.45) is 1.38. The van der Waals surface area contributed by atoms with Gasteiger partial charge in [-0.15, -0.1) is 0 Å². The van der Waals surface area contributed by atoms with Gasteiger partial charge in [-0.1, -0.05) is 0 Å². The summed E-state index contributed by atoms with van der Waals surface area (Å²) in [5, 5.41) is 0.881. The zero-order valence-electron chi connectivity index (χ0n) is 25.3. The number of carbonyl (C=O) groups excluding carboxylic acids is 4. The third kappa shape index (κ3) is 5.04. The van der Waals surface area contributed by atoms with E-state index in [1.807, 2.05) is 0 Å². The van der Waals surface area contributed by atoms with Gasteiger partial charge in [-0.2, -0.15) is 0 Å². The molecular weight excluding hydrogens is 532 g/mol. The predicted molar refractivity (Wildman–Crippen MR) is 161 cm³/mol. The Kier molecular flexibility index (Phi) is 7.91. The summed E-state index contributed by atoms with van der Waals surface area (Å²) in [7, 11) is 4.24. The summed E-state index contributed by atoms with van der Waals surface area (Å²) in [4.78, 5) is 66.7. The third-order valence-corrected chi connectivity index (χ3v) is 9.93. The fraction of sp³-hybridized carbons (Fsp3) is 0.562. The molecule has 224 valence electrons. The van der Waals surface area contributed by atoms with Crippen LogP contribution < -0.4 is 0 Å². The van der Waals surface area contributed by atoms with E-state index in [4.69, 9.17) is 0 Å². The number of rotatable bonds is 8. The van der Waals surface area contributed by atoms with E-state index in [9.17, 15) is 19.2 Å². The molecule has 2 aromatic carbocycles. The van der Waals surface area contributed by atoms with Crippen LogP contribution in [0.5, 0.6) is 0 Å². The molecule has 10 heteroatoms. The van der Waals surface area contributed by atoms with E-state index in [2.05, 4.69) is 47.5 Å². The van der Waals surface area contributed by atoms with Gasteiger partial charge in [0, 0.05) is 111 Å². The topological polar surface area (TPSA) is 87.7 Å². The molecule has 2 saturated heterocycles. The van der Waals surface area contributed by atoms with Gasteiger partial charge in [0.05, 0.1) is 0 Å². The van der Waals surface area contributed by atoms with Gasteiger partial charge < -0.3 is 9.80 Å². The van der Waals surface area contributed by atoms with Crippen molar-refractivity contribution < 1.29 is 19.2 Å². The lowest BCUT2D eigenvalue weighted by atomic mass is 9.85. The highest BCUT2D eigenvalue weighted by Gasteiger charge is 2.40. The first-order valence-electron chi connectivity index (χ1n) is 15.3. The molecule has 0 aromatic heterocycles. The number of carbonyl (C=O) groups is 4. The Hall–Kier alpha value is -3.18. The van der Waals surface area contributed by atoms with Crippen molar-refractivity contribution in [3.8, 4) is 0 Å². The average Bonchev–Trinajstić information content (AvgIpc) is 2.99. The minimum atomic E-state index is -0.356. The number of imide groups is 2. The molecule has 6 rings (SSSR count). The summed E-state index contributed by atoms with van der Waals surface area (Å²) >= 11 is 0. The Balaban J connectivity index is 1.20. The van der Waals surface area contributed by atoms with Crippen LogP contribution in [0.15, 0.2) is 24.3 Å². The number of hydrogen-bond acceptors (Lipinski definition) is 8. The smallest absolute Gasteiger partial charge is 0.261 e. The maximum atomic E-state index is 13.6. The number of nitrogens with zero attached hydrogens (tertiary/aromatic N) is 6. The maximum Gasteiger partial charge on any atom is 0.261 e. The molecular formula is C32H42N6O4. The van der Waals surface area contributed by atoms with Gasteiger partial charge >= 0.3 is 0 Å². The SMILES string of the molecule is CC(CCN1C(=O)c2ccc3c4c(ccc(c24)C1=O)C(=O)N(CCC(C)N1CCN(C)CC1)C3=O)N1CCN(C)CC1. The van der Waals surface area contributed by atoms with Crippen LogP contribution in [0, 0.1) is 0 Å². The van der Waals surface area contributed by atoms with Crippen molar-refractivity contribution >= 4 is 34.4 Å². The van der Waals surface area contributed by atoms with Gasteiger partial charge in [0.25, 0.3) is 23.6 Å². The molecule has 0 bridgehead atoms. The number of hydrogen-bond donors (Lipinski definition) is 0. The average molecular weight is 575 g/mol. The lowest BCUT2D eigenvalue weighted by Gasteiger charge is -2.38. The van der Waals surface area contributed by atoms with Gasteiger partial charge in [-0.3, -0.25) is 38.8 Å². The van der Waals surface area contributed by atoms with E-state index in [1.165, 1.54) is 9.80 Å². The van der Waals surface area contributed by atoms with Crippen molar-refractivity contribution in [2.75, 3.05) is 79.5 Å². The molecule has 2 atom stereocenters. The minimum absolute atomic E-state index is 0.247. The zero-order valence-corrected chi connectivity index (χ0v) is 25.3. The van der Waals surface area contributed by atoms with Crippen LogP contribution in [0.4, 0.5) is 0 Å². The first-order chi connectivity index (χ1) is 20.2. The molecule has 0 aliphatic carbocycles. The molecule has 4 aliphatic rings. The van der Waals surface area contributed by atoms with Crippen molar-refractivity contribution in [3.05, 3.63) is 46.5 Å². The van der Waals surface area contributed by atoms with Crippen LogP contribution in [0.2, 0.25) is 0 Å². The molecule has 4 amide bonds. The lowest BCUT2D eigenvalue weighted by molar-refractivity contribution is 0.0558. The van der Waals surface area contributed by atoms with E-state index in [1.54, 1.807) is 24.3 Å². The third-order valence-electron chi connectivity index (χ3n) is 9.93. The Morgan fingerprint density at radius 1 is 0.524 bits per heavy atom. The van der Waals surface area contributed by atoms with Crippen LogP contribution in [0.3, 0.4) is 0 Å². The summed E-state index contributed by atoms with van der Waals surface area (Å²) in [6, 6.07) is 7.14. The van der Waals surface area contributed by atoms with Gasteiger partial charge in [-0.25, -0.2) is 0 Å². The molecule has 0 spiro atoms. The van der Waals surface area contributed by atoms with E-state index in [-0.39, 0.29) is 35.7 Å². The Bertz CT molecular complexity index is 1250. The normalized spacial score (nSPS) is 22.4. The van der Waals surface area contributed by atoms with Crippen molar-refractivity contribution in [3.63, 3.8) is 0 Å². The number of piperazine rings is 2. The molecule has 4 heterocycles. The highest BCUT2D eigenvalue weighted by Crippen LogP contribution is 2.38. The fourth-order valence-corrected chi connectivity index (χ4v) is 6.90. The minimum Gasteiger partial charge on any atom is -0.304 e. The van der Waals surface area contributed by atoms with E-state index < -0.39 is 0 Å². The highest BCUT2D eigenvalue weighted by atomic mass is 16.2. The molecule has 0 saturated carbocycles. The predicted octanol–water partition coefficient (Wildman–Crippen LogP) is 2.08. The Morgan fingerprint density at radius 3 is 1.10 bits per heavy atom. The van der Waals surface area contributed by atoms with Crippen molar-refractivity contribution in [1.82, 2.24) is 29.4 Å². The molecule has 0 N–H and O–H groups in total. The van der Waals surface area contributed by atoms with Crippen molar-refractivity contribution in [1.29, 1.82) is 0 Å². The number of likely N-dealkylation sites (N-methyl/N-ethyl adjacent to an activating group) is 2. The monoisotopic (exact) mass is 574 g/mol. The second-order valence-electron chi connectivity index (χ2n) is 12.5. The van der Waals surface area contributed by atoms with E-state index >= 15 is 0 Å². The van der Waals surface area contributed by atoms with Crippen LogP contribution in [-0.2, 0) is 0 Å². The quantitative estimate of drug-likeness (QED) is 0.443. The van der Waals surface area contributed by atoms with Crippen molar-refractivity contribution in [2.45, 2.75) is 38.8 Å². The van der Waals surface area contributed by atoms with Gasteiger partial charge in [0.2, 0.25) is 0 Å². The molecule has 4 aliphatic heterocycles. The van der Waals surface area contributed by atoms with Crippen LogP contribution >= 0.6 is 0 Å². The second kappa shape index (κ2) is 11.5. The molecule has 10 nitrogen and oxygen atoms in total. The van der Waals surface area contributed by atoms with Crippen LogP contribution in [0.25, 0.3) is 10.8 Å². The highest BCUT2D eigenvalue weighted by molar-refractivity contribution is 6.33. The summed E-state index contributed by atoms with van der Waals surface area (Å²) in [5.41, 5.74) is 1.54. The fourth-order valence-electron chi connectivity index (χ4n) is 6.90. The molecule has 2 fully saturated rings. The summed E-state index contributed by atoms with van der Waals surface area (Å²) < 4.78 is 0. The van der Waals surface area contributed by atoms with Gasteiger partial charge in [0.1, 0.15) is 0 Å². The molecule has 2 unspecified atom stereocenters. The van der Waals surface area contributed by atoms with Crippen LogP contribution in [-0.4, -0.2) is 145 Å². The Morgan fingerprint density at radius 2 is 0.810 bits per heavy atom. The summed E-state index contributed by atoms with van der Waals surface area (Å²) in [6.45, 7) is 12.9. The lowest BCUT2D eigenvalue weighted by Crippen LogP contribution is -2.50. The second-order valence-corrected chi connectivity index (χ2v) is 12.5. The molecule has 2 aromatic rings. The molecule has 42 heavy (non-hydrogen) atoms. The van der Waals surface area contributed by atoms with Crippen molar-refractivity contribution in [2.24, 2.45) is 0 Å². The first-order valence-corrected chi connectivity index (χ1v) is 15.3. The number of amides is 4. The van der Waals surface area contributed by atoms with Gasteiger partial charge in [0.15, 0.2) is 0 Å². The maximum absolute atomic E-state index is 13.6. The summed E-state index contributed by atoms with van der Waals surface area (Å²) in [5.74, 6) is -1.43. The van der Waals surface area contributed by atoms with E-state index in [0.29, 0.717) is 59.0 Å². The largest absolute Gasteiger partial charge is 0.304 e.